The van der Waals surface area contributed by atoms with Crippen molar-refractivity contribution in [3.63, 3.8) is 0 Å². The molecular weight excluding hydrogens is 506 g/mol. The first-order valence-electron chi connectivity index (χ1n) is 13.7. The lowest BCUT2D eigenvalue weighted by Gasteiger charge is -2.14. The molecule has 0 saturated carbocycles. The van der Waals surface area contributed by atoms with Gasteiger partial charge in [-0.15, -0.1) is 0 Å². The van der Waals surface area contributed by atoms with Crippen LogP contribution in [0.25, 0.3) is 33.3 Å². The van der Waals surface area contributed by atoms with E-state index in [1.807, 2.05) is 76.2 Å². The van der Waals surface area contributed by atoms with E-state index in [0.717, 1.165) is 89.9 Å². The SMILES string of the molecule is Cc1cc(N)cc(C)c1Oc1ccc(-c2[nH]c3ccccc3c2-c2ccc(Oc3c(C)cc(N)cc3C)cc2)cc1. The number of para-hydroxylation sites is 1. The molecule has 0 bridgehead atoms. The molecule has 41 heavy (non-hydrogen) atoms. The fourth-order valence-electron chi connectivity index (χ4n) is 5.56. The molecule has 204 valence electrons. The molecule has 5 heteroatoms. The molecule has 0 atom stereocenters. The van der Waals surface area contributed by atoms with E-state index in [2.05, 4.69) is 53.5 Å². The summed E-state index contributed by atoms with van der Waals surface area (Å²) in [7, 11) is 0. The molecule has 5 nitrogen and oxygen atoms in total. The minimum absolute atomic E-state index is 0.740. The van der Waals surface area contributed by atoms with Crippen LogP contribution in [-0.4, -0.2) is 4.98 Å². The summed E-state index contributed by atoms with van der Waals surface area (Å²) in [5, 5.41) is 1.16. The number of anilines is 2. The largest absolute Gasteiger partial charge is 0.457 e. The molecule has 0 aliphatic carbocycles. The molecule has 0 spiro atoms. The van der Waals surface area contributed by atoms with Crippen LogP contribution in [0.4, 0.5) is 11.4 Å². The Bertz CT molecular complexity index is 1840. The Hall–Kier alpha value is -5.16. The van der Waals surface area contributed by atoms with Gasteiger partial charge in [0.25, 0.3) is 0 Å². The van der Waals surface area contributed by atoms with Gasteiger partial charge in [-0.3, -0.25) is 0 Å². The van der Waals surface area contributed by atoms with Crippen LogP contribution in [0, 0.1) is 27.7 Å². The first-order chi connectivity index (χ1) is 19.8. The molecule has 0 aliphatic rings. The van der Waals surface area contributed by atoms with Gasteiger partial charge >= 0.3 is 0 Å². The molecule has 1 aromatic heterocycles. The highest BCUT2D eigenvalue weighted by Crippen LogP contribution is 2.40. The van der Waals surface area contributed by atoms with Crippen molar-refractivity contribution in [3.8, 4) is 45.4 Å². The van der Waals surface area contributed by atoms with E-state index in [4.69, 9.17) is 20.9 Å². The zero-order valence-electron chi connectivity index (χ0n) is 23.7. The molecular formula is C36H33N3O2. The fourth-order valence-corrected chi connectivity index (χ4v) is 5.56. The Kier molecular flexibility index (Phi) is 6.64. The van der Waals surface area contributed by atoms with Gasteiger partial charge in [-0.25, -0.2) is 0 Å². The number of aryl methyl sites for hydroxylation is 4. The van der Waals surface area contributed by atoms with Crippen molar-refractivity contribution in [2.75, 3.05) is 11.5 Å². The van der Waals surface area contributed by atoms with Gasteiger partial charge in [-0.05, 0) is 128 Å². The minimum atomic E-state index is 0.740. The molecule has 0 saturated heterocycles. The Morgan fingerprint density at radius 1 is 0.537 bits per heavy atom. The number of hydrogen-bond acceptors (Lipinski definition) is 4. The second kappa shape index (κ2) is 10.4. The third-order valence-corrected chi connectivity index (χ3v) is 7.40. The van der Waals surface area contributed by atoms with Crippen molar-refractivity contribution in [2.24, 2.45) is 0 Å². The van der Waals surface area contributed by atoms with Crippen molar-refractivity contribution in [2.45, 2.75) is 27.7 Å². The second-order valence-electron chi connectivity index (χ2n) is 10.6. The monoisotopic (exact) mass is 539 g/mol. The standard InChI is InChI=1S/C36H33N3O2/c1-21-17-27(37)18-22(2)35(21)40-29-13-9-25(10-14-29)33-31-7-5-6-8-32(31)39-34(33)26-11-15-30(16-12-26)41-36-23(3)19-28(38)20-24(36)4/h5-20,39H,37-38H2,1-4H3. The summed E-state index contributed by atoms with van der Waals surface area (Å²) in [6.07, 6.45) is 0. The van der Waals surface area contributed by atoms with Gasteiger partial charge in [0.05, 0.1) is 5.69 Å². The maximum atomic E-state index is 6.27. The first kappa shape index (κ1) is 26.1. The lowest BCUT2D eigenvalue weighted by molar-refractivity contribution is 0.475. The van der Waals surface area contributed by atoms with Gasteiger partial charge in [0, 0.05) is 27.8 Å². The molecule has 0 amide bonds. The Balaban J connectivity index is 1.33. The lowest BCUT2D eigenvalue weighted by Crippen LogP contribution is -1.94. The van der Waals surface area contributed by atoms with Gasteiger partial charge in [0.15, 0.2) is 0 Å². The summed E-state index contributed by atoms with van der Waals surface area (Å²) >= 11 is 0. The summed E-state index contributed by atoms with van der Waals surface area (Å²) in [5.74, 6) is 3.23. The van der Waals surface area contributed by atoms with Gasteiger partial charge in [0.2, 0.25) is 0 Å². The van der Waals surface area contributed by atoms with Crippen molar-refractivity contribution >= 4 is 22.3 Å². The predicted octanol–water partition coefficient (Wildman–Crippen LogP) is 9.48. The van der Waals surface area contributed by atoms with E-state index in [0.29, 0.717) is 0 Å². The fraction of sp³-hybridized carbons (Fsp3) is 0.111. The number of aromatic nitrogens is 1. The lowest BCUT2D eigenvalue weighted by atomic mass is 9.98. The predicted molar refractivity (Wildman–Crippen MR) is 170 cm³/mol. The highest BCUT2D eigenvalue weighted by Gasteiger charge is 2.16. The van der Waals surface area contributed by atoms with Gasteiger partial charge in [0.1, 0.15) is 23.0 Å². The van der Waals surface area contributed by atoms with Gasteiger partial charge < -0.3 is 25.9 Å². The molecule has 0 fully saturated rings. The molecule has 0 radical (unpaired) electrons. The third kappa shape index (κ3) is 5.10. The summed E-state index contributed by atoms with van der Waals surface area (Å²) in [4.78, 5) is 3.65. The summed E-state index contributed by atoms with van der Waals surface area (Å²) in [5.41, 5.74) is 23.0. The summed E-state index contributed by atoms with van der Waals surface area (Å²) < 4.78 is 12.5. The van der Waals surface area contributed by atoms with E-state index >= 15 is 0 Å². The number of aromatic amines is 1. The van der Waals surface area contributed by atoms with Crippen molar-refractivity contribution in [3.05, 3.63) is 119 Å². The third-order valence-electron chi connectivity index (χ3n) is 7.40. The quantitative estimate of drug-likeness (QED) is 0.184. The van der Waals surface area contributed by atoms with E-state index in [9.17, 15) is 0 Å². The number of nitrogens with one attached hydrogen (secondary N) is 1. The second-order valence-corrected chi connectivity index (χ2v) is 10.6. The van der Waals surface area contributed by atoms with E-state index in [1.54, 1.807) is 0 Å². The molecule has 5 aromatic carbocycles. The molecule has 5 N–H and O–H groups in total. The highest BCUT2D eigenvalue weighted by atomic mass is 16.5. The number of ether oxygens (including phenoxy) is 2. The maximum Gasteiger partial charge on any atom is 0.133 e. The molecule has 0 aliphatic heterocycles. The Labute approximate surface area is 240 Å². The van der Waals surface area contributed by atoms with E-state index in [-0.39, 0.29) is 0 Å². The topological polar surface area (TPSA) is 86.3 Å². The van der Waals surface area contributed by atoms with Crippen LogP contribution in [0.15, 0.2) is 97.1 Å². The minimum Gasteiger partial charge on any atom is -0.457 e. The number of benzene rings is 5. The average Bonchev–Trinajstić information content (AvgIpc) is 3.33. The van der Waals surface area contributed by atoms with Crippen LogP contribution in [0.5, 0.6) is 23.0 Å². The molecule has 6 aromatic rings. The smallest absolute Gasteiger partial charge is 0.133 e. The molecule has 6 rings (SSSR count). The number of nitrogen functional groups attached to an aromatic ring is 2. The van der Waals surface area contributed by atoms with Crippen LogP contribution in [0.2, 0.25) is 0 Å². The summed E-state index contributed by atoms with van der Waals surface area (Å²) in [6.45, 7) is 8.05. The average molecular weight is 540 g/mol. The molecule has 1 heterocycles. The number of rotatable bonds is 6. The Morgan fingerprint density at radius 2 is 0.976 bits per heavy atom. The van der Waals surface area contributed by atoms with Crippen molar-refractivity contribution < 1.29 is 9.47 Å². The number of nitrogens with two attached hydrogens (primary N) is 2. The number of fused-ring (bicyclic) bond motifs is 1. The van der Waals surface area contributed by atoms with E-state index in [1.165, 1.54) is 0 Å². The van der Waals surface area contributed by atoms with Crippen molar-refractivity contribution in [1.29, 1.82) is 0 Å². The first-order valence-corrected chi connectivity index (χ1v) is 13.7. The Morgan fingerprint density at radius 3 is 1.46 bits per heavy atom. The van der Waals surface area contributed by atoms with Crippen LogP contribution in [-0.2, 0) is 0 Å². The zero-order valence-corrected chi connectivity index (χ0v) is 23.7. The maximum absolute atomic E-state index is 6.27. The van der Waals surface area contributed by atoms with Gasteiger partial charge in [-0.1, -0.05) is 30.3 Å². The van der Waals surface area contributed by atoms with Crippen LogP contribution in [0.1, 0.15) is 22.3 Å². The zero-order chi connectivity index (χ0) is 28.7. The normalized spacial score (nSPS) is 11.1. The van der Waals surface area contributed by atoms with Crippen molar-refractivity contribution in [1.82, 2.24) is 4.98 Å². The summed E-state index contributed by atoms with van der Waals surface area (Å²) in [6, 6.07) is 32.6. The number of H-pyrrole nitrogens is 1. The number of hydrogen-bond donors (Lipinski definition) is 3. The van der Waals surface area contributed by atoms with Crippen LogP contribution in [0.3, 0.4) is 0 Å². The van der Waals surface area contributed by atoms with Crippen LogP contribution >= 0.6 is 0 Å². The highest BCUT2D eigenvalue weighted by molar-refractivity contribution is 6.03. The molecule has 0 unspecified atom stereocenters. The van der Waals surface area contributed by atoms with E-state index < -0.39 is 0 Å². The van der Waals surface area contributed by atoms with Crippen LogP contribution < -0.4 is 20.9 Å². The van der Waals surface area contributed by atoms with Gasteiger partial charge in [-0.2, -0.15) is 0 Å².